The van der Waals surface area contributed by atoms with E-state index in [-0.39, 0.29) is 5.91 Å². The van der Waals surface area contributed by atoms with E-state index in [2.05, 4.69) is 14.9 Å². The molecule has 1 unspecified atom stereocenters. The SMILES string of the molecule is CNC(C)(CCn1c(C)nc2c1CCCC2)C(N)=O. The van der Waals surface area contributed by atoms with Crippen molar-refractivity contribution in [3.05, 3.63) is 17.2 Å². The molecule has 0 saturated heterocycles. The Balaban J connectivity index is 2.16. The highest BCUT2D eigenvalue weighted by Crippen LogP contribution is 2.23. The number of carbonyl (C=O) groups excluding carboxylic acids is 1. The highest BCUT2D eigenvalue weighted by atomic mass is 16.1. The molecule has 0 aliphatic heterocycles. The van der Waals surface area contributed by atoms with Gasteiger partial charge in [0.1, 0.15) is 5.82 Å². The zero-order chi connectivity index (χ0) is 14.0. The third-order valence-corrected chi connectivity index (χ3v) is 4.35. The summed E-state index contributed by atoms with van der Waals surface area (Å²) in [5.74, 6) is 0.747. The predicted molar refractivity (Wildman–Crippen MR) is 74.9 cm³/mol. The predicted octanol–water partition coefficient (Wildman–Crippen LogP) is 0.924. The zero-order valence-electron chi connectivity index (χ0n) is 12.1. The van der Waals surface area contributed by atoms with Crippen LogP contribution in [0.4, 0.5) is 0 Å². The van der Waals surface area contributed by atoms with E-state index in [9.17, 15) is 4.79 Å². The third kappa shape index (κ3) is 2.66. The van der Waals surface area contributed by atoms with Gasteiger partial charge in [0.2, 0.25) is 5.91 Å². The fourth-order valence-corrected chi connectivity index (χ4v) is 2.74. The van der Waals surface area contributed by atoms with Gasteiger partial charge in [0.25, 0.3) is 0 Å². The van der Waals surface area contributed by atoms with Crippen LogP contribution >= 0.6 is 0 Å². The number of hydrogen-bond donors (Lipinski definition) is 2. The fourth-order valence-electron chi connectivity index (χ4n) is 2.74. The smallest absolute Gasteiger partial charge is 0.237 e. The molecule has 1 aliphatic carbocycles. The summed E-state index contributed by atoms with van der Waals surface area (Å²) in [5, 5.41) is 3.03. The van der Waals surface area contributed by atoms with Crippen molar-refractivity contribution in [2.45, 2.75) is 58.0 Å². The van der Waals surface area contributed by atoms with E-state index in [0.29, 0.717) is 6.42 Å². The summed E-state index contributed by atoms with van der Waals surface area (Å²) < 4.78 is 2.26. The first-order chi connectivity index (χ1) is 8.98. The number of likely N-dealkylation sites (N-methyl/N-ethyl adjacent to an activating group) is 1. The highest BCUT2D eigenvalue weighted by Gasteiger charge is 2.29. The molecule has 5 nitrogen and oxygen atoms in total. The van der Waals surface area contributed by atoms with E-state index in [4.69, 9.17) is 5.73 Å². The molecule has 1 aromatic rings. The molecule has 1 aliphatic rings. The molecule has 0 fully saturated rings. The Bertz CT molecular complexity index is 480. The lowest BCUT2D eigenvalue weighted by Crippen LogP contribution is -2.52. The minimum atomic E-state index is -0.655. The van der Waals surface area contributed by atoms with Crippen molar-refractivity contribution in [3.63, 3.8) is 0 Å². The average Bonchev–Trinajstić information content (AvgIpc) is 2.71. The molecule has 1 amide bonds. The summed E-state index contributed by atoms with van der Waals surface area (Å²) in [4.78, 5) is 16.2. The number of primary amides is 1. The lowest BCUT2D eigenvalue weighted by molar-refractivity contribution is -0.123. The minimum Gasteiger partial charge on any atom is -0.368 e. The highest BCUT2D eigenvalue weighted by molar-refractivity contribution is 5.84. The maximum Gasteiger partial charge on any atom is 0.237 e. The molecule has 0 radical (unpaired) electrons. The van der Waals surface area contributed by atoms with E-state index in [1.165, 1.54) is 24.2 Å². The summed E-state index contributed by atoms with van der Waals surface area (Å²) in [5.41, 5.74) is 7.41. The fraction of sp³-hybridized carbons (Fsp3) is 0.714. The van der Waals surface area contributed by atoms with Gasteiger partial charge >= 0.3 is 0 Å². The standard InChI is InChI=1S/C14H24N4O/c1-10-17-11-6-4-5-7-12(11)18(10)9-8-14(2,16-3)13(15)19/h16H,4-9H2,1-3H3,(H2,15,19). The second-order valence-electron chi connectivity index (χ2n) is 5.61. The van der Waals surface area contributed by atoms with Gasteiger partial charge in [-0.25, -0.2) is 4.98 Å². The first kappa shape index (κ1) is 14.1. The largest absolute Gasteiger partial charge is 0.368 e. The van der Waals surface area contributed by atoms with Crippen LogP contribution < -0.4 is 11.1 Å². The quantitative estimate of drug-likeness (QED) is 0.830. The maximum absolute atomic E-state index is 11.5. The van der Waals surface area contributed by atoms with Gasteiger partial charge in [-0.1, -0.05) is 0 Å². The number of carbonyl (C=O) groups is 1. The molecule has 0 spiro atoms. The van der Waals surface area contributed by atoms with Crippen molar-refractivity contribution >= 4 is 5.91 Å². The Morgan fingerprint density at radius 2 is 2.16 bits per heavy atom. The molecule has 1 heterocycles. The summed E-state index contributed by atoms with van der Waals surface area (Å²) in [6, 6.07) is 0. The van der Waals surface area contributed by atoms with Crippen molar-refractivity contribution in [3.8, 4) is 0 Å². The molecule has 1 atom stereocenters. The Kier molecular flexibility index (Phi) is 3.94. The van der Waals surface area contributed by atoms with E-state index in [1.807, 2.05) is 13.8 Å². The number of imidazole rings is 1. The summed E-state index contributed by atoms with van der Waals surface area (Å²) in [7, 11) is 1.78. The molecule has 0 saturated carbocycles. The summed E-state index contributed by atoms with van der Waals surface area (Å²) in [6.07, 6.45) is 5.34. The monoisotopic (exact) mass is 264 g/mol. The second-order valence-corrected chi connectivity index (χ2v) is 5.61. The molecule has 2 rings (SSSR count). The van der Waals surface area contributed by atoms with Crippen LogP contribution in [0.3, 0.4) is 0 Å². The number of fused-ring (bicyclic) bond motifs is 1. The Morgan fingerprint density at radius 1 is 1.47 bits per heavy atom. The molecular weight excluding hydrogens is 240 g/mol. The van der Waals surface area contributed by atoms with E-state index in [1.54, 1.807) is 7.05 Å². The molecule has 19 heavy (non-hydrogen) atoms. The minimum absolute atomic E-state index is 0.304. The van der Waals surface area contributed by atoms with Gasteiger partial charge in [-0.3, -0.25) is 4.79 Å². The number of amides is 1. The zero-order valence-corrected chi connectivity index (χ0v) is 12.1. The van der Waals surface area contributed by atoms with Gasteiger partial charge in [0.05, 0.1) is 11.2 Å². The van der Waals surface area contributed by atoms with Crippen LogP contribution in [0.25, 0.3) is 0 Å². The van der Waals surface area contributed by atoms with Crippen LogP contribution in [-0.2, 0) is 24.2 Å². The number of rotatable bonds is 5. The molecule has 106 valence electrons. The van der Waals surface area contributed by atoms with Gasteiger partial charge < -0.3 is 15.6 Å². The number of aryl methyl sites for hydroxylation is 2. The number of aromatic nitrogens is 2. The molecule has 3 N–H and O–H groups in total. The first-order valence-electron chi connectivity index (χ1n) is 7.01. The molecule has 0 bridgehead atoms. The molecule has 0 aromatic carbocycles. The Labute approximate surface area is 114 Å². The van der Waals surface area contributed by atoms with Crippen LogP contribution in [0.5, 0.6) is 0 Å². The Hall–Kier alpha value is -1.36. The van der Waals surface area contributed by atoms with Crippen LogP contribution in [-0.4, -0.2) is 28.0 Å². The van der Waals surface area contributed by atoms with Crippen LogP contribution in [0, 0.1) is 6.92 Å². The van der Waals surface area contributed by atoms with Crippen molar-refractivity contribution in [2.75, 3.05) is 7.05 Å². The van der Waals surface area contributed by atoms with E-state index >= 15 is 0 Å². The van der Waals surface area contributed by atoms with Crippen LogP contribution in [0.15, 0.2) is 0 Å². The Morgan fingerprint density at radius 3 is 2.79 bits per heavy atom. The van der Waals surface area contributed by atoms with Gasteiger partial charge in [-0.15, -0.1) is 0 Å². The van der Waals surface area contributed by atoms with Gasteiger partial charge in [0.15, 0.2) is 0 Å². The van der Waals surface area contributed by atoms with Crippen LogP contribution in [0.2, 0.25) is 0 Å². The van der Waals surface area contributed by atoms with Gasteiger partial charge in [-0.05, 0) is 53.0 Å². The summed E-state index contributed by atoms with van der Waals surface area (Å²) >= 11 is 0. The van der Waals surface area contributed by atoms with Gasteiger partial charge in [0, 0.05) is 12.2 Å². The van der Waals surface area contributed by atoms with E-state index < -0.39 is 5.54 Å². The molecule has 5 heteroatoms. The second kappa shape index (κ2) is 5.33. The number of nitrogens with zero attached hydrogens (tertiary/aromatic N) is 2. The summed E-state index contributed by atoms with van der Waals surface area (Å²) in [6.45, 7) is 4.68. The number of nitrogens with one attached hydrogen (secondary N) is 1. The number of nitrogens with two attached hydrogens (primary N) is 1. The topological polar surface area (TPSA) is 72.9 Å². The molecular formula is C14H24N4O. The maximum atomic E-state index is 11.5. The van der Waals surface area contributed by atoms with Gasteiger partial charge in [-0.2, -0.15) is 0 Å². The number of hydrogen-bond acceptors (Lipinski definition) is 3. The average molecular weight is 264 g/mol. The first-order valence-corrected chi connectivity index (χ1v) is 7.01. The lowest BCUT2D eigenvalue weighted by Gasteiger charge is -2.26. The normalized spacial score (nSPS) is 17.8. The van der Waals surface area contributed by atoms with E-state index in [0.717, 1.165) is 25.2 Å². The van der Waals surface area contributed by atoms with Crippen molar-refractivity contribution < 1.29 is 4.79 Å². The van der Waals surface area contributed by atoms with Crippen molar-refractivity contribution in [2.24, 2.45) is 5.73 Å². The van der Waals surface area contributed by atoms with Crippen LogP contribution in [0.1, 0.15) is 43.4 Å². The van der Waals surface area contributed by atoms with Crippen molar-refractivity contribution in [1.82, 2.24) is 14.9 Å². The third-order valence-electron chi connectivity index (χ3n) is 4.35. The lowest BCUT2D eigenvalue weighted by atomic mass is 9.96. The van der Waals surface area contributed by atoms with Crippen molar-refractivity contribution in [1.29, 1.82) is 0 Å². The molecule has 1 aromatic heterocycles.